The van der Waals surface area contributed by atoms with Gasteiger partial charge in [-0.3, -0.25) is 0 Å². The van der Waals surface area contributed by atoms with E-state index in [2.05, 4.69) is 86.4 Å². The summed E-state index contributed by atoms with van der Waals surface area (Å²) in [7, 11) is 0. The first kappa shape index (κ1) is 16.3. The Labute approximate surface area is 145 Å². The maximum absolute atomic E-state index is 3.29. The molecule has 3 aromatic rings. The minimum atomic E-state index is 1.07. The van der Waals surface area contributed by atoms with Gasteiger partial charge < -0.3 is 0 Å². The Balaban J connectivity index is 1.78. The second kappa shape index (κ2) is 7.84. The summed E-state index contributed by atoms with van der Waals surface area (Å²) >= 11 is 0. The number of aryl methyl sites for hydroxylation is 2. The third-order valence-electron chi connectivity index (χ3n) is 4.44. The Morgan fingerprint density at radius 1 is 0.667 bits per heavy atom. The van der Waals surface area contributed by atoms with Gasteiger partial charge in [-0.1, -0.05) is 68.5 Å². The predicted octanol–water partition coefficient (Wildman–Crippen LogP) is 6.14. The van der Waals surface area contributed by atoms with Crippen LogP contribution in [-0.2, 0) is 12.8 Å². The Bertz CT molecular complexity index is 873. The monoisotopic (exact) mass is 312 g/mol. The van der Waals surface area contributed by atoms with Crippen molar-refractivity contribution in [2.75, 3.05) is 0 Å². The molecule has 3 aromatic carbocycles. The normalized spacial score (nSPS) is 10.4. The maximum Gasteiger partial charge on any atom is 0.0255 e. The van der Waals surface area contributed by atoms with Gasteiger partial charge in [-0.05, 0) is 65.4 Å². The predicted molar refractivity (Wildman–Crippen MR) is 104 cm³/mol. The first-order valence-electron chi connectivity index (χ1n) is 8.92. The van der Waals surface area contributed by atoms with E-state index in [1.165, 1.54) is 34.7 Å². The molecule has 0 bridgehead atoms. The third kappa shape index (κ3) is 4.06. The fraction of sp³-hybridized carbons (Fsp3) is 0.250. The Hall–Kier alpha value is -2.52. The second-order valence-electron chi connectivity index (χ2n) is 6.30. The van der Waals surface area contributed by atoms with Gasteiger partial charge in [0.15, 0.2) is 0 Å². The highest BCUT2D eigenvalue weighted by molar-refractivity contribution is 5.84. The highest BCUT2D eigenvalue weighted by atomic mass is 14.0. The van der Waals surface area contributed by atoms with E-state index in [0.29, 0.717) is 0 Å². The fourth-order valence-electron chi connectivity index (χ4n) is 2.87. The number of rotatable bonds is 4. The van der Waals surface area contributed by atoms with E-state index in [0.717, 1.165) is 24.0 Å². The Morgan fingerprint density at radius 2 is 1.29 bits per heavy atom. The molecule has 0 aliphatic heterocycles. The smallest absolute Gasteiger partial charge is 0.0255 e. The van der Waals surface area contributed by atoms with Crippen LogP contribution in [0.1, 0.15) is 48.9 Å². The molecule has 0 radical (unpaired) electrons. The summed E-state index contributed by atoms with van der Waals surface area (Å²) in [5.41, 5.74) is 4.93. The average molecular weight is 312 g/mol. The number of hydrogen-bond acceptors (Lipinski definition) is 0. The molecule has 120 valence electrons. The highest BCUT2D eigenvalue weighted by Crippen LogP contribution is 2.18. The SMILES string of the molecule is CCCCc1ccc(C#Cc2ccc3cc(CC)ccc3c2)cc1. The van der Waals surface area contributed by atoms with Crippen LogP contribution < -0.4 is 0 Å². The van der Waals surface area contributed by atoms with E-state index in [1.807, 2.05) is 0 Å². The minimum Gasteiger partial charge on any atom is -0.0654 e. The van der Waals surface area contributed by atoms with Crippen LogP contribution in [-0.4, -0.2) is 0 Å². The number of hydrogen-bond donors (Lipinski definition) is 0. The molecule has 0 nitrogen and oxygen atoms in total. The van der Waals surface area contributed by atoms with Gasteiger partial charge in [-0.15, -0.1) is 0 Å². The van der Waals surface area contributed by atoms with Crippen molar-refractivity contribution in [1.82, 2.24) is 0 Å². The Kier molecular flexibility index (Phi) is 5.34. The zero-order chi connectivity index (χ0) is 16.8. The molecule has 0 atom stereocenters. The molecular formula is C24H24. The molecule has 0 spiro atoms. The lowest BCUT2D eigenvalue weighted by Crippen LogP contribution is -1.85. The Morgan fingerprint density at radius 3 is 2.04 bits per heavy atom. The van der Waals surface area contributed by atoms with Gasteiger partial charge >= 0.3 is 0 Å². The second-order valence-corrected chi connectivity index (χ2v) is 6.30. The van der Waals surface area contributed by atoms with Gasteiger partial charge in [-0.25, -0.2) is 0 Å². The molecule has 0 heteroatoms. The lowest BCUT2D eigenvalue weighted by molar-refractivity contribution is 0.795. The van der Waals surface area contributed by atoms with Crippen LogP contribution in [0, 0.1) is 11.8 Å². The van der Waals surface area contributed by atoms with Crippen LogP contribution in [0.3, 0.4) is 0 Å². The van der Waals surface area contributed by atoms with E-state index < -0.39 is 0 Å². The summed E-state index contributed by atoms with van der Waals surface area (Å²) in [4.78, 5) is 0. The van der Waals surface area contributed by atoms with Crippen molar-refractivity contribution >= 4 is 10.8 Å². The largest absolute Gasteiger partial charge is 0.0654 e. The maximum atomic E-state index is 3.29. The van der Waals surface area contributed by atoms with E-state index >= 15 is 0 Å². The molecule has 3 rings (SSSR count). The van der Waals surface area contributed by atoms with Gasteiger partial charge in [-0.2, -0.15) is 0 Å². The van der Waals surface area contributed by atoms with Crippen LogP contribution in [0.5, 0.6) is 0 Å². The number of fused-ring (bicyclic) bond motifs is 1. The van der Waals surface area contributed by atoms with Crippen molar-refractivity contribution in [2.24, 2.45) is 0 Å². The van der Waals surface area contributed by atoms with Gasteiger partial charge in [0.1, 0.15) is 0 Å². The number of benzene rings is 3. The van der Waals surface area contributed by atoms with Crippen molar-refractivity contribution in [2.45, 2.75) is 39.5 Å². The van der Waals surface area contributed by atoms with Crippen molar-refractivity contribution in [3.05, 3.63) is 82.9 Å². The third-order valence-corrected chi connectivity index (χ3v) is 4.44. The number of unbranched alkanes of at least 4 members (excludes halogenated alkanes) is 1. The lowest BCUT2D eigenvalue weighted by Gasteiger charge is -2.02. The molecule has 24 heavy (non-hydrogen) atoms. The van der Waals surface area contributed by atoms with Crippen molar-refractivity contribution in [3.8, 4) is 11.8 Å². The molecule has 0 N–H and O–H groups in total. The average Bonchev–Trinajstić information content (AvgIpc) is 2.65. The standard InChI is InChI=1S/C24H24/c1-3-5-6-20-7-9-21(10-8-20)11-12-22-14-16-23-17-19(4-2)13-15-24(23)18-22/h7-10,13-18H,3-6H2,1-2H3. The molecule has 0 aromatic heterocycles. The molecule has 0 heterocycles. The molecular weight excluding hydrogens is 288 g/mol. The zero-order valence-corrected chi connectivity index (χ0v) is 14.6. The summed E-state index contributed by atoms with van der Waals surface area (Å²) in [6.45, 7) is 4.42. The summed E-state index contributed by atoms with van der Waals surface area (Å²) in [5, 5.41) is 2.55. The zero-order valence-electron chi connectivity index (χ0n) is 14.6. The van der Waals surface area contributed by atoms with Crippen LogP contribution in [0.2, 0.25) is 0 Å². The molecule has 0 saturated carbocycles. The van der Waals surface area contributed by atoms with Crippen molar-refractivity contribution in [3.63, 3.8) is 0 Å². The summed E-state index contributed by atoms with van der Waals surface area (Å²) < 4.78 is 0. The molecule has 0 aliphatic carbocycles. The van der Waals surface area contributed by atoms with Crippen LogP contribution in [0.4, 0.5) is 0 Å². The molecule has 0 unspecified atom stereocenters. The minimum absolute atomic E-state index is 1.07. The topological polar surface area (TPSA) is 0 Å². The summed E-state index contributed by atoms with van der Waals surface area (Å²) in [5.74, 6) is 6.58. The van der Waals surface area contributed by atoms with E-state index in [-0.39, 0.29) is 0 Å². The lowest BCUT2D eigenvalue weighted by atomic mass is 10.0. The van der Waals surface area contributed by atoms with E-state index in [4.69, 9.17) is 0 Å². The van der Waals surface area contributed by atoms with Crippen molar-refractivity contribution in [1.29, 1.82) is 0 Å². The fourth-order valence-corrected chi connectivity index (χ4v) is 2.87. The van der Waals surface area contributed by atoms with Gasteiger partial charge in [0, 0.05) is 11.1 Å². The first-order chi connectivity index (χ1) is 11.8. The molecule has 0 fully saturated rings. The van der Waals surface area contributed by atoms with Crippen LogP contribution in [0.15, 0.2) is 60.7 Å². The van der Waals surface area contributed by atoms with E-state index in [9.17, 15) is 0 Å². The van der Waals surface area contributed by atoms with Crippen LogP contribution >= 0.6 is 0 Å². The van der Waals surface area contributed by atoms with Gasteiger partial charge in [0.25, 0.3) is 0 Å². The molecule has 0 saturated heterocycles. The van der Waals surface area contributed by atoms with Crippen LogP contribution in [0.25, 0.3) is 10.8 Å². The van der Waals surface area contributed by atoms with Crippen molar-refractivity contribution < 1.29 is 0 Å². The van der Waals surface area contributed by atoms with Gasteiger partial charge in [0.2, 0.25) is 0 Å². The molecule has 0 aliphatic rings. The van der Waals surface area contributed by atoms with E-state index in [1.54, 1.807) is 0 Å². The summed E-state index contributed by atoms with van der Waals surface area (Å²) in [6, 6.07) is 21.8. The van der Waals surface area contributed by atoms with Gasteiger partial charge in [0.05, 0.1) is 0 Å². The first-order valence-corrected chi connectivity index (χ1v) is 8.92. The highest BCUT2D eigenvalue weighted by Gasteiger charge is 1.97. The quantitative estimate of drug-likeness (QED) is 0.507. The molecule has 0 amide bonds. The summed E-state index contributed by atoms with van der Waals surface area (Å²) in [6.07, 6.45) is 4.73.